The number of fused-ring (bicyclic) bond motifs is 1. The van der Waals surface area contributed by atoms with E-state index in [0.717, 1.165) is 37.9 Å². The first-order chi connectivity index (χ1) is 12.1. The summed E-state index contributed by atoms with van der Waals surface area (Å²) >= 11 is 1.53. The minimum atomic E-state index is -0.323. The van der Waals surface area contributed by atoms with E-state index in [1.165, 1.54) is 16.2 Å². The van der Waals surface area contributed by atoms with Crippen LogP contribution in [0.15, 0.2) is 0 Å². The third-order valence-electron chi connectivity index (χ3n) is 4.72. The third-order valence-corrected chi connectivity index (χ3v) is 5.88. The van der Waals surface area contributed by atoms with Crippen molar-refractivity contribution in [3.63, 3.8) is 0 Å². The molecule has 1 aliphatic heterocycles. The van der Waals surface area contributed by atoms with E-state index in [0.29, 0.717) is 42.8 Å². The lowest BCUT2D eigenvalue weighted by atomic mass is 9.88. The smallest absolute Gasteiger partial charge is 0.341 e. The van der Waals surface area contributed by atoms with Crippen molar-refractivity contribution in [2.75, 3.05) is 44.8 Å². The molecule has 138 valence electrons. The molecule has 25 heavy (non-hydrogen) atoms. The minimum absolute atomic E-state index is 0.0842. The van der Waals surface area contributed by atoms with Crippen molar-refractivity contribution in [3.05, 3.63) is 16.0 Å². The molecule has 1 atom stereocenters. The van der Waals surface area contributed by atoms with E-state index in [9.17, 15) is 9.59 Å². The predicted octanol–water partition coefficient (Wildman–Crippen LogP) is 2.32. The number of hydrogen-bond acceptors (Lipinski definition) is 6. The van der Waals surface area contributed by atoms with Gasteiger partial charge in [-0.3, -0.25) is 9.69 Å². The van der Waals surface area contributed by atoms with Crippen molar-refractivity contribution in [1.82, 2.24) is 4.90 Å². The molecule has 1 aromatic heterocycles. The van der Waals surface area contributed by atoms with E-state index in [-0.39, 0.29) is 11.9 Å². The van der Waals surface area contributed by atoms with Gasteiger partial charge in [-0.25, -0.2) is 4.79 Å². The van der Waals surface area contributed by atoms with Gasteiger partial charge in [0, 0.05) is 18.0 Å². The lowest BCUT2D eigenvalue weighted by Crippen LogP contribution is -2.41. The number of carbonyl (C=O) groups excluding carboxylic acids is 2. The number of hydrogen-bond donors (Lipinski definition) is 1. The average Bonchev–Trinajstić information content (AvgIpc) is 2.92. The molecule has 2 aliphatic rings. The summed E-state index contributed by atoms with van der Waals surface area (Å²) in [6, 6.07) is 0. The van der Waals surface area contributed by atoms with Crippen molar-refractivity contribution in [1.29, 1.82) is 0 Å². The molecule has 6 nitrogen and oxygen atoms in total. The van der Waals surface area contributed by atoms with Gasteiger partial charge in [-0.15, -0.1) is 11.3 Å². The fraction of sp³-hybridized carbons (Fsp3) is 0.667. The second-order valence-electron chi connectivity index (χ2n) is 6.71. The van der Waals surface area contributed by atoms with Crippen LogP contribution in [-0.4, -0.2) is 56.2 Å². The number of amides is 1. The molecule has 1 unspecified atom stereocenters. The van der Waals surface area contributed by atoms with Crippen molar-refractivity contribution < 1.29 is 19.1 Å². The van der Waals surface area contributed by atoms with Crippen molar-refractivity contribution in [2.24, 2.45) is 5.92 Å². The van der Waals surface area contributed by atoms with Gasteiger partial charge in [0.15, 0.2) is 0 Å². The Morgan fingerprint density at radius 1 is 1.36 bits per heavy atom. The number of carbonyl (C=O) groups is 2. The average molecular weight is 366 g/mol. The zero-order valence-electron chi connectivity index (χ0n) is 14.9. The number of morpholine rings is 1. The standard InChI is InChI=1S/C18H26N2O4S/c1-3-24-18(22)16-13-5-4-12(2)10-14(13)25-17(16)19-15(21)11-20-6-8-23-9-7-20/h12H,3-11H2,1-2H3,(H,19,21). The Morgan fingerprint density at radius 3 is 2.84 bits per heavy atom. The van der Waals surface area contributed by atoms with Gasteiger partial charge in [0.25, 0.3) is 0 Å². The van der Waals surface area contributed by atoms with Crippen molar-refractivity contribution in [2.45, 2.75) is 33.1 Å². The van der Waals surface area contributed by atoms with Crippen LogP contribution >= 0.6 is 11.3 Å². The van der Waals surface area contributed by atoms with Crippen LogP contribution in [0.3, 0.4) is 0 Å². The van der Waals surface area contributed by atoms with E-state index in [1.807, 2.05) is 0 Å². The number of rotatable bonds is 5. The van der Waals surface area contributed by atoms with Crippen molar-refractivity contribution in [3.8, 4) is 0 Å². The van der Waals surface area contributed by atoms with Crippen LogP contribution in [0.4, 0.5) is 5.00 Å². The van der Waals surface area contributed by atoms with E-state index >= 15 is 0 Å². The van der Waals surface area contributed by atoms with Gasteiger partial charge >= 0.3 is 5.97 Å². The lowest BCUT2D eigenvalue weighted by molar-refractivity contribution is -0.118. The fourth-order valence-corrected chi connectivity index (χ4v) is 4.80. The second-order valence-corrected chi connectivity index (χ2v) is 7.82. The molecule has 1 amide bonds. The molecular formula is C18H26N2O4S. The number of ether oxygens (including phenoxy) is 2. The molecule has 1 aliphatic carbocycles. The molecule has 1 fully saturated rings. The highest BCUT2D eigenvalue weighted by Gasteiger charge is 2.29. The predicted molar refractivity (Wildman–Crippen MR) is 97.4 cm³/mol. The summed E-state index contributed by atoms with van der Waals surface area (Å²) in [4.78, 5) is 28.2. The normalized spacial score (nSPS) is 20.8. The maximum absolute atomic E-state index is 12.5. The molecule has 0 aromatic carbocycles. The number of thiophene rings is 1. The highest BCUT2D eigenvalue weighted by Crippen LogP contribution is 2.40. The summed E-state index contributed by atoms with van der Waals surface area (Å²) in [6.45, 7) is 7.52. The van der Waals surface area contributed by atoms with Crippen LogP contribution in [0.1, 0.15) is 41.1 Å². The molecule has 1 saturated heterocycles. The van der Waals surface area contributed by atoms with Gasteiger partial charge in [-0.1, -0.05) is 6.92 Å². The summed E-state index contributed by atoms with van der Waals surface area (Å²) in [5.74, 6) is 0.202. The quantitative estimate of drug-likeness (QED) is 0.810. The Hall–Kier alpha value is -1.44. The Kier molecular flexibility index (Phi) is 6.09. The minimum Gasteiger partial charge on any atom is -0.462 e. The topological polar surface area (TPSA) is 67.9 Å². The van der Waals surface area contributed by atoms with Gasteiger partial charge in [0.2, 0.25) is 5.91 Å². The van der Waals surface area contributed by atoms with Crippen LogP contribution in [-0.2, 0) is 27.1 Å². The van der Waals surface area contributed by atoms with E-state index < -0.39 is 0 Å². The number of nitrogens with zero attached hydrogens (tertiary/aromatic N) is 1. The summed E-state index contributed by atoms with van der Waals surface area (Å²) in [5, 5.41) is 3.61. The molecule has 0 radical (unpaired) electrons. The van der Waals surface area contributed by atoms with Gasteiger partial charge in [-0.2, -0.15) is 0 Å². The molecule has 3 rings (SSSR count). The molecule has 0 bridgehead atoms. The van der Waals surface area contributed by atoms with Gasteiger partial charge in [0.1, 0.15) is 5.00 Å². The molecule has 1 N–H and O–H groups in total. The number of esters is 1. The molecule has 0 spiro atoms. The van der Waals surface area contributed by atoms with Gasteiger partial charge < -0.3 is 14.8 Å². The van der Waals surface area contributed by atoms with E-state index in [4.69, 9.17) is 9.47 Å². The third kappa shape index (κ3) is 4.40. The largest absolute Gasteiger partial charge is 0.462 e. The summed E-state index contributed by atoms with van der Waals surface area (Å²) < 4.78 is 10.6. The lowest BCUT2D eigenvalue weighted by Gasteiger charge is -2.25. The van der Waals surface area contributed by atoms with Gasteiger partial charge in [0.05, 0.1) is 31.9 Å². The molecule has 1 aromatic rings. The van der Waals surface area contributed by atoms with Crippen LogP contribution in [0, 0.1) is 5.92 Å². The first kappa shape index (κ1) is 18.4. The highest BCUT2D eigenvalue weighted by atomic mass is 32.1. The van der Waals surface area contributed by atoms with Crippen LogP contribution in [0.2, 0.25) is 0 Å². The van der Waals surface area contributed by atoms with Crippen LogP contribution in [0.25, 0.3) is 0 Å². The van der Waals surface area contributed by atoms with Crippen LogP contribution < -0.4 is 5.32 Å². The first-order valence-electron chi connectivity index (χ1n) is 9.00. The van der Waals surface area contributed by atoms with Crippen LogP contribution in [0.5, 0.6) is 0 Å². The summed E-state index contributed by atoms with van der Waals surface area (Å²) in [6.07, 6.45) is 2.91. The summed E-state index contributed by atoms with van der Waals surface area (Å²) in [7, 11) is 0. The first-order valence-corrected chi connectivity index (χ1v) is 9.81. The number of anilines is 1. The van der Waals surface area contributed by atoms with Gasteiger partial charge in [-0.05, 0) is 37.7 Å². The molecular weight excluding hydrogens is 340 g/mol. The fourth-order valence-electron chi connectivity index (χ4n) is 3.39. The molecule has 7 heteroatoms. The summed E-state index contributed by atoms with van der Waals surface area (Å²) in [5.41, 5.74) is 1.65. The monoisotopic (exact) mass is 366 g/mol. The van der Waals surface area contributed by atoms with E-state index in [2.05, 4.69) is 17.1 Å². The maximum atomic E-state index is 12.5. The second kappa shape index (κ2) is 8.29. The Balaban J connectivity index is 1.77. The molecule has 0 saturated carbocycles. The zero-order valence-corrected chi connectivity index (χ0v) is 15.7. The Morgan fingerprint density at radius 2 is 2.12 bits per heavy atom. The highest BCUT2D eigenvalue weighted by molar-refractivity contribution is 7.17. The van der Waals surface area contributed by atoms with Crippen molar-refractivity contribution >= 4 is 28.2 Å². The van der Waals surface area contributed by atoms with E-state index in [1.54, 1.807) is 6.92 Å². The maximum Gasteiger partial charge on any atom is 0.341 e. The Bertz CT molecular complexity index is 637. The Labute approximate surface area is 152 Å². The SMILES string of the molecule is CCOC(=O)c1c(NC(=O)CN2CCOCC2)sc2c1CCC(C)C2. The molecule has 2 heterocycles. The number of nitrogens with one attached hydrogen (secondary N) is 1. The zero-order chi connectivity index (χ0) is 17.8.